The van der Waals surface area contributed by atoms with Crippen LogP contribution in [0.3, 0.4) is 0 Å². The van der Waals surface area contributed by atoms with Crippen molar-refractivity contribution in [1.29, 1.82) is 0 Å². The van der Waals surface area contributed by atoms with E-state index in [0.29, 0.717) is 5.56 Å². The molecule has 1 rings (SSSR count). The predicted molar refractivity (Wildman–Crippen MR) is 45.4 cm³/mol. The van der Waals surface area contributed by atoms with Gasteiger partial charge in [0.1, 0.15) is 5.82 Å². The van der Waals surface area contributed by atoms with E-state index >= 15 is 0 Å². The fraction of sp³-hybridized carbons (Fsp3) is 0. The number of rotatable bonds is 2. The largest absolute Gasteiger partial charge is 0.288 e. The Morgan fingerprint density at radius 2 is 2.00 bits per heavy atom. The van der Waals surface area contributed by atoms with Gasteiger partial charge in [0, 0.05) is 6.08 Å². The Bertz CT molecular complexity index is 319. The second kappa shape index (κ2) is 4.37. The zero-order valence-corrected chi connectivity index (χ0v) is 6.70. The molecule has 0 heterocycles. The lowest BCUT2D eigenvalue weighted by Crippen LogP contribution is -2.14. The number of benzene rings is 1. The number of hydrogen-bond donors (Lipinski definition) is 2. The lowest BCUT2D eigenvalue weighted by Gasteiger charge is -1.92. The maximum absolute atomic E-state index is 12.4. The molecule has 3 nitrogen and oxygen atoms in total. The molecule has 0 saturated heterocycles. The molecule has 0 atom stereocenters. The van der Waals surface area contributed by atoms with Crippen LogP contribution in [0, 0.1) is 5.82 Å². The maximum Gasteiger partial charge on any atom is 0.267 e. The molecule has 68 valence electrons. The summed E-state index contributed by atoms with van der Waals surface area (Å²) in [5.74, 6) is -0.951. The van der Waals surface area contributed by atoms with Gasteiger partial charge in [-0.2, -0.15) is 0 Å². The molecule has 0 aliphatic carbocycles. The summed E-state index contributed by atoms with van der Waals surface area (Å²) < 4.78 is 12.4. The highest BCUT2D eigenvalue weighted by Gasteiger charge is 1.91. The number of hydroxylamine groups is 1. The Labute approximate surface area is 74.5 Å². The van der Waals surface area contributed by atoms with Gasteiger partial charge in [0.05, 0.1) is 0 Å². The summed E-state index contributed by atoms with van der Waals surface area (Å²) in [5, 5.41) is 8.15. The molecule has 1 aromatic rings. The van der Waals surface area contributed by atoms with Crippen LogP contribution in [0.5, 0.6) is 0 Å². The Hall–Kier alpha value is -1.68. The quantitative estimate of drug-likeness (QED) is 0.411. The number of halogens is 1. The SMILES string of the molecule is O=C(/C=C/c1ccc(F)cc1)NO. The minimum atomic E-state index is -0.621. The third-order valence-electron chi connectivity index (χ3n) is 1.41. The summed E-state index contributed by atoms with van der Waals surface area (Å²) in [5.41, 5.74) is 2.13. The molecule has 0 unspecified atom stereocenters. The molecular weight excluding hydrogens is 173 g/mol. The lowest BCUT2D eigenvalue weighted by molar-refractivity contribution is -0.124. The Morgan fingerprint density at radius 3 is 2.54 bits per heavy atom. The average molecular weight is 181 g/mol. The fourth-order valence-corrected chi connectivity index (χ4v) is 0.783. The van der Waals surface area contributed by atoms with Crippen molar-refractivity contribution >= 4 is 12.0 Å². The molecule has 1 amide bonds. The van der Waals surface area contributed by atoms with Gasteiger partial charge in [0.15, 0.2) is 0 Å². The van der Waals surface area contributed by atoms with E-state index in [4.69, 9.17) is 5.21 Å². The second-order valence-corrected chi connectivity index (χ2v) is 2.36. The lowest BCUT2D eigenvalue weighted by atomic mass is 10.2. The van der Waals surface area contributed by atoms with E-state index in [2.05, 4.69) is 0 Å². The molecule has 0 aromatic heterocycles. The van der Waals surface area contributed by atoms with Crippen molar-refractivity contribution in [1.82, 2.24) is 5.48 Å². The van der Waals surface area contributed by atoms with Crippen LogP contribution in [0.2, 0.25) is 0 Å². The van der Waals surface area contributed by atoms with Gasteiger partial charge in [-0.05, 0) is 23.8 Å². The molecule has 1 aromatic carbocycles. The molecule has 13 heavy (non-hydrogen) atoms. The van der Waals surface area contributed by atoms with Gasteiger partial charge in [-0.1, -0.05) is 12.1 Å². The molecule has 0 fully saturated rings. The van der Waals surface area contributed by atoms with Gasteiger partial charge in [-0.15, -0.1) is 0 Å². The number of hydrogen-bond acceptors (Lipinski definition) is 2. The summed E-state index contributed by atoms with van der Waals surface area (Å²) in [4.78, 5) is 10.5. The van der Waals surface area contributed by atoms with Crippen molar-refractivity contribution < 1.29 is 14.4 Å². The van der Waals surface area contributed by atoms with E-state index in [-0.39, 0.29) is 5.82 Å². The smallest absolute Gasteiger partial charge is 0.267 e. The van der Waals surface area contributed by atoms with Crippen molar-refractivity contribution in [2.24, 2.45) is 0 Å². The standard InChI is InChI=1S/C9H8FNO2/c10-8-4-1-7(2-5-8)3-6-9(12)11-13/h1-6,13H,(H,11,12)/b6-3+. The van der Waals surface area contributed by atoms with Crippen LogP contribution < -0.4 is 5.48 Å². The highest BCUT2D eigenvalue weighted by atomic mass is 19.1. The Balaban J connectivity index is 2.69. The van der Waals surface area contributed by atoms with Crippen LogP contribution in [0.25, 0.3) is 6.08 Å². The first-order valence-electron chi connectivity index (χ1n) is 3.60. The number of amides is 1. The van der Waals surface area contributed by atoms with Crippen LogP contribution in [0.4, 0.5) is 4.39 Å². The summed E-state index contributed by atoms with van der Waals surface area (Å²) in [7, 11) is 0. The first kappa shape index (κ1) is 9.41. The molecule has 2 N–H and O–H groups in total. The monoisotopic (exact) mass is 181 g/mol. The van der Waals surface area contributed by atoms with Crippen molar-refractivity contribution in [2.45, 2.75) is 0 Å². The fourth-order valence-electron chi connectivity index (χ4n) is 0.783. The number of nitrogens with one attached hydrogen (secondary N) is 1. The van der Waals surface area contributed by atoms with Crippen molar-refractivity contribution in [3.63, 3.8) is 0 Å². The summed E-state index contributed by atoms with van der Waals surface area (Å²) in [6.45, 7) is 0. The average Bonchev–Trinajstić information content (AvgIpc) is 2.16. The molecule has 0 radical (unpaired) electrons. The predicted octanol–water partition coefficient (Wildman–Crippen LogP) is 1.34. The minimum absolute atomic E-state index is 0.330. The molecule has 0 bridgehead atoms. The van der Waals surface area contributed by atoms with Crippen LogP contribution in [-0.2, 0) is 4.79 Å². The van der Waals surface area contributed by atoms with E-state index in [9.17, 15) is 9.18 Å². The topological polar surface area (TPSA) is 49.3 Å². The van der Waals surface area contributed by atoms with Gasteiger partial charge in [-0.25, -0.2) is 9.87 Å². The first-order chi connectivity index (χ1) is 6.22. The van der Waals surface area contributed by atoms with E-state index < -0.39 is 5.91 Å². The van der Waals surface area contributed by atoms with Crippen LogP contribution in [0.15, 0.2) is 30.3 Å². The molecule has 0 saturated carbocycles. The normalized spacial score (nSPS) is 10.3. The van der Waals surface area contributed by atoms with Gasteiger partial charge in [0.25, 0.3) is 5.91 Å². The van der Waals surface area contributed by atoms with Crippen molar-refractivity contribution in [3.8, 4) is 0 Å². The summed E-state index contributed by atoms with van der Waals surface area (Å²) >= 11 is 0. The van der Waals surface area contributed by atoms with E-state index in [1.807, 2.05) is 0 Å². The van der Waals surface area contributed by atoms with Gasteiger partial charge in [-0.3, -0.25) is 10.0 Å². The first-order valence-corrected chi connectivity index (χ1v) is 3.60. The molecule has 0 aliphatic heterocycles. The third-order valence-corrected chi connectivity index (χ3v) is 1.41. The molecule has 0 aliphatic rings. The minimum Gasteiger partial charge on any atom is -0.288 e. The van der Waals surface area contributed by atoms with Crippen LogP contribution >= 0.6 is 0 Å². The van der Waals surface area contributed by atoms with Gasteiger partial charge < -0.3 is 0 Å². The van der Waals surface area contributed by atoms with Gasteiger partial charge in [0.2, 0.25) is 0 Å². The molecule has 0 spiro atoms. The zero-order valence-electron chi connectivity index (χ0n) is 6.70. The molecular formula is C9H8FNO2. The Morgan fingerprint density at radius 1 is 1.38 bits per heavy atom. The maximum atomic E-state index is 12.4. The molecule has 4 heteroatoms. The van der Waals surface area contributed by atoms with E-state index in [0.717, 1.165) is 6.08 Å². The number of carbonyl (C=O) groups is 1. The zero-order chi connectivity index (χ0) is 9.68. The Kier molecular flexibility index (Phi) is 3.16. The van der Waals surface area contributed by atoms with Gasteiger partial charge >= 0.3 is 0 Å². The van der Waals surface area contributed by atoms with E-state index in [1.165, 1.54) is 35.8 Å². The van der Waals surface area contributed by atoms with Crippen molar-refractivity contribution in [2.75, 3.05) is 0 Å². The summed E-state index contributed by atoms with van der Waals surface area (Å²) in [6.07, 6.45) is 2.61. The van der Waals surface area contributed by atoms with Crippen LogP contribution in [-0.4, -0.2) is 11.1 Å². The summed E-state index contributed by atoms with van der Waals surface area (Å²) in [6, 6.07) is 5.63. The van der Waals surface area contributed by atoms with E-state index in [1.54, 1.807) is 0 Å². The van der Waals surface area contributed by atoms with Crippen molar-refractivity contribution in [3.05, 3.63) is 41.7 Å². The van der Waals surface area contributed by atoms with Crippen LogP contribution in [0.1, 0.15) is 5.56 Å². The highest BCUT2D eigenvalue weighted by molar-refractivity contribution is 5.90. The third kappa shape index (κ3) is 3.04. The second-order valence-electron chi connectivity index (χ2n) is 2.36. The number of carbonyl (C=O) groups excluding carboxylic acids is 1. The highest BCUT2D eigenvalue weighted by Crippen LogP contribution is 2.03.